The zero-order chi connectivity index (χ0) is 20.1. The van der Waals surface area contributed by atoms with Crippen molar-refractivity contribution >= 4 is 23.2 Å². The number of benzene rings is 1. The van der Waals surface area contributed by atoms with Gasteiger partial charge in [-0.25, -0.2) is 15.0 Å². The zero-order valence-electron chi connectivity index (χ0n) is 16.4. The van der Waals surface area contributed by atoms with Crippen LogP contribution < -0.4 is 5.32 Å². The molecule has 1 unspecified atom stereocenters. The maximum atomic E-state index is 12.5. The van der Waals surface area contributed by atoms with Crippen LogP contribution in [0.1, 0.15) is 12.6 Å². The molecule has 1 atom stereocenters. The standard InChI is InChI=1S/C21H24N6OS/c1-16(19(28)25-21-22-8-5-9-23-21)27-12-10-26(11-13-27)14-18-15-29-20(24-18)17-6-3-2-4-7-17/h2-9,15-16H,10-14H2,1H3,(H,22,23,25,28). The smallest absolute Gasteiger partial charge is 0.243 e. The molecule has 29 heavy (non-hydrogen) atoms. The second kappa shape index (κ2) is 9.21. The third-order valence-corrected chi connectivity index (χ3v) is 6.03. The molecule has 8 heteroatoms. The molecule has 0 saturated carbocycles. The third-order valence-electron chi connectivity index (χ3n) is 5.09. The molecule has 0 radical (unpaired) electrons. The highest BCUT2D eigenvalue weighted by Crippen LogP contribution is 2.24. The monoisotopic (exact) mass is 408 g/mol. The number of hydrogen-bond donors (Lipinski definition) is 1. The molecule has 2 aromatic heterocycles. The molecule has 1 N–H and O–H groups in total. The van der Waals surface area contributed by atoms with Gasteiger partial charge < -0.3 is 0 Å². The lowest BCUT2D eigenvalue weighted by Gasteiger charge is -2.37. The molecule has 3 heterocycles. The summed E-state index contributed by atoms with van der Waals surface area (Å²) < 4.78 is 0. The van der Waals surface area contributed by atoms with Crippen LogP contribution in [0.2, 0.25) is 0 Å². The van der Waals surface area contributed by atoms with E-state index in [2.05, 4.69) is 42.6 Å². The normalized spacial score (nSPS) is 16.4. The van der Waals surface area contributed by atoms with Crippen LogP contribution in [-0.2, 0) is 11.3 Å². The summed E-state index contributed by atoms with van der Waals surface area (Å²) in [4.78, 5) is 30.0. The van der Waals surface area contributed by atoms with Gasteiger partial charge in [0.15, 0.2) is 0 Å². The van der Waals surface area contributed by atoms with Gasteiger partial charge in [0.1, 0.15) is 5.01 Å². The van der Waals surface area contributed by atoms with E-state index in [4.69, 9.17) is 4.98 Å². The lowest BCUT2D eigenvalue weighted by Crippen LogP contribution is -2.52. The number of anilines is 1. The lowest BCUT2D eigenvalue weighted by molar-refractivity contribution is -0.121. The SMILES string of the molecule is CC(C(=O)Nc1ncccn1)N1CCN(Cc2csc(-c3ccccc3)n2)CC1. The fourth-order valence-electron chi connectivity index (χ4n) is 3.37. The second-order valence-electron chi connectivity index (χ2n) is 7.06. The van der Waals surface area contributed by atoms with Gasteiger partial charge in [0.05, 0.1) is 11.7 Å². The van der Waals surface area contributed by atoms with Crippen molar-refractivity contribution in [3.63, 3.8) is 0 Å². The summed E-state index contributed by atoms with van der Waals surface area (Å²) in [5.41, 5.74) is 2.27. The minimum Gasteiger partial charge on any atom is -0.295 e. The van der Waals surface area contributed by atoms with Gasteiger partial charge in [-0.05, 0) is 13.0 Å². The second-order valence-corrected chi connectivity index (χ2v) is 7.92. The highest BCUT2D eigenvalue weighted by Gasteiger charge is 2.26. The number of hydrogen-bond acceptors (Lipinski definition) is 7. The van der Waals surface area contributed by atoms with Crippen molar-refractivity contribution in [3.8, 4) is 10.6 Å². The molecule has 1 saturated heterocycles. The lowest BCUT2D eigenvalue weighted by atomic mass is 10.2. The average Bonchev–Trinajstić information content (AvgIpc) is 3.23. The Morgan fingerprint density at radius 3 is 2.55 bits per heavy atom. The van der Waals surface area contributed by atoms with Crippen LogP contribution in [0.3, 0.4) is 0 Å². The van der Waals surface area contributed by atoms with Gasteiger partial charge in [-0.2, -0.15) is 0 Å². The van der Waals surface area contributed by atoms with Crippen LogP contribution in [0.4, 0.5) is 5.95 Å². The Bertz CT molecular complexity index is 925. The van der Waals surface area contributed by atoms with E-state index in [9.17, 15) is 4.79 Å². The van der Waals surface area contributed by atoms with Gasteiger partial charge in [0, 0.05) is 56.1 Å². The Morgan fingerprint density at radius 2 is 1.83 bits per heavy atom. The highest BCUT2D eigenvalue weighted by atomic mass is 32.1. The van der Waals surface area contributed by atoms with Crippen LogP contribution in [0, 0.1) is 0 Å². The molecule has 1 aliphatic heterocycles. The number of piperazine rings is 1. The van der Waals surface area contributed by atoms with E-state index in [0.717, 1.165) is 49.0 Å². The van der Waals surface area contributed by atoms with Crippen molar-refractivity contribution < 1.29 is 4.79 Å². The number of aromatic nitrogens is 3. The molecule has 7 nitrogen and oxygen atoms in total. The first-order valence-corrected chi connectivity index (χ1v) is 10.6. The summed E-state index contributed by atoms with van der Waals surface area (Å²) in [6.07, 6.45) is 3.24. The summed E-state index contributed by atoms with van der Waals surface area (Å²) >= 11 is 1.69. The van der Waals surface area contributed by atoms with Crippen LogP contribution in [0.15, 0.2) is 54.2 Å². The molecule has 0 aliphatic carbocycles. The van der Waals surface area contributed by atoms with Crippen LogP contribution in [-0.4, -0.2) is 62.9 Å². The van der Waals surface area contributed by atoms with Gasteiger partial charge in [0.2, 0.25) is 11.9 Å². The van der Waals surface area contributed by atoms with E-state index in [-0.39, 0.29) is 11.9 Å². The van der Waals surface area contributed by atoms with Gasteiger partial charge >= 0.3 is 0 Å². The molecule has 150 valence electrons. The van der Waals surface area contributed by atoms with Crippen LogP contribution >= 0.6 is 11.3 Å². The van der Waals surface area contributed by atoms with Crippen molar-refractivity contribution in [3.05, 3.63) is 59.9 Å². The number of nitrogens with zero attached hydrogens (tertiary/aromatic N) is 5. The summed E-state index contributed by atoms with van der Waals surface area (Å²) in [5.74, 6) is 0.275. The maximum Gasteiger partial charge on any atom is 0.243 e. The first kappa shape index (κ1) is 19.6. The molecule has 4 rings (SSSR count). The zero-order valence-corrected chi connectivity index (χ0v) is 17.2. The van der Waals surface area contributed by atoms with Crippen molar-refractivity contribution in [2.24, 2.45) is 0 Å². The fourth-order valence-corrected chi connectivity index (χ4v) is 4.19. The van der Waals surface area contributed by atoms with E-state index in [1.807, 2.05) is 25.1 Å². The van der Waals surface area contributed by atoms with Crippen molar-refractivity contribution in [1.29, 1.82) is 0 Å². The highest BCUT2D eigenvalue weighted by molar-refractivity contribution is 7.13. The fraction of sp³-hybridized carbons (Fsp3) is 0.333. The summed E-state index contributed by atoms with van der Waals surface area (Å²) in [5, 5.41) is 5.99. The van der Waals surface area contributed by atoms with Gasteiger partial charge in [0.25, 0.3) is 0 Å². The number of thiazole rings is 1. The number of carbonyl (C=O) groups is 1. The average molecular weight is 409 g/mol. The third kappa shape index (κ3) is 5.03. The molecule has 1 amide bonds. The van der Waals surface area contributed by atoms with E-state index >= 15 is 0 Å². The summed E-state index contributed by atoms with van der Waals surface area (Å²) in [6, 6.07) is 11.8. The van der Waals surface area contributed by atoms with Gasteiger partial charge in [-0.3, -0.25) is 19.9 Å². The number of rotatable bonds is 6. The quantitative estimate of drug-likeness (QED) is 0.676. The molecule has 1 fully saturated rings. The molecule has 0 spiro atoms. The predicted octanol–water partition coefficient (Wildman–Crippen LogP) is 2.74. The summed E-state index contributed by atoms with van der Waals surface area (Å²) in [6.45, 7) is 6.30. The Morgan fingerprint density at radius 1 is 1.10 bits per heavy atom. The number of nitrogens with one attached hydrogen (secondary N) is 1. The van der Waals surface area contributed by atoms with Crippen LogP contribution in [0.25, 0.3) is 10.6 Å². The van der Waals surface area contributed by atoms with Crippen molar-refractivity contribution in [2.75, 3.05) is 31.5 Å². The topological polar surface area (TPSA) is 74.2 Å². The van der Waals surface area contributed by atoms with E-state index in [0.29, 0.717) is 5.95 Å². The Hall–Kier alpha value is -2.68. The summed E-state index contributed by atoms with van der Waals surface area (Å²) in [7, 11) is 0. The molecular weight excluding hydrogens is 384 g/mol. The minimum atomic E-state index is -0.218. The molecule has 1 aromatic carbocycles. The Kier molecular flexibility index (Phi) is 6.24. The Balaban J connectivity index is 1.27. The van der Waals surface area contributed by atoms with E-state index in [1.54, 1.807) is 29.8 Å². The molecule has 0 bridgehead atoms. The van der Waals surface area contributed by atoms with E-state index in [1.165, 1.54) is 0 Å². The van der Waals surface area contributed by atoms with Gasteiger partial charge in [-0.1, -0.05) is 30.3 Å². The number of amides is 1. The predicted molar refractivity (Wildman–Crippen MR) is 115 cm³/mol. The van der Waals surface area contributed by atoms with Gasteiger partial charge in [-0.15, -0.1) is 11.3 Å². The molecule has 1 aliphatic rings. The van der Waals surface area contributed by atoms with Crippen LogP contribution in [0.5, 0.6) is 0 Å². The minimum absolute atomic E-state index is 0.0725. The first-order chi connectivity index (χ1) is 14.2. The Labute approximate surface area is 174 Å². The van der Waals surface area contributed by atoms with Crippen molar-refractivity contribution in [2.45, 2.75) is 19.5 Å². The molecule has 3 aromatic rings. The largest absolute Gasteiger partial charge is 0.295 e. The first-order valence-electron chi connectivity index (χ1n) is 9.73. The van der Waals surface area contributed by atoms with Crippen molar-refractivity contribution in [1.82, 2.24) is 24.8 Å². The number of carbonyl (C=O) groups excluding carboxylic acids is 1. The maximum absolute atomic E-state index is 12.5. The van der Waals surface area contributed by atoms with E-state index < -0.39 is 0 Å². The molecular formula is C21H24N6OS.